The van der Waals surface area contributed by atoms with Gasteiger partial charge in [-0.2, -0.15) is 0 Å². The molecule has 0 radical (unpaired) electrons. The van der Waals surface area contributed by atoms with Gasteiger partial charge in [0.05, 0.1) is 11.2 Å². The van der Waals surface area contributed by atoms with Gasteiger partial charge in [0.25, 0.3) is 0 Å². The topological polar surface area (TPSA) is 41.8 Å². The fourth-order valence-electron chi connectivity index (χ4n) is 3.98. The van der Waals surface area contributed by atoms with Crippen molar-refractivity contribution in [3.63, 3.8) is 0 Å². The molecule has 0 aliphatic heterocycles. The Hall–Kier alpha value is -3.52. The lowest BCUT2D eigenvalue weighted by Gasteiger charge is -1.98. The number of H-pyrrole nitrogens is 1. The maximum absolute atomic E-state index is 5.89. The quantitative estimate of drug-likeness (QED) is 0.317. The van der Waals surface area contributed by atoms with Crippen LogP contribution in [-0.4, -0.2) is 4.98 Å². The van der Waals surface area contributed by atoms with Crippen LogP contribution in [0.3, 0.4) is 0 Å². The molecule has 0 amide bonds. The van der Waals surface area contributed by atoms with Crippen molar-refractivity contribution in [2.75, 3.05) is 5.73 Å². The molecule has 27 heavy (non-hydrogen) atoms. The van der Waals surface area contributed by atoms with Gasteiger partial charge >= 0.3 is 0 Å². The second kappa shape index (κ2) is 6.33. The van der Waals surface area contributed by atoms with Crippen molar-refractivity contribution in [2.24, 2.45) is 0 Å². The Balaban J connectivity index is 0.000000119. The number of fused-ring (bicyclic) bond motifs is 6. The number of nitrogen functional groups attached to an aromatic ring is 1. The third kappa shape index (κ3) is 2.67. The van der Waals surface area contributed by atoms with Crippen molar-refractivity contribution in [2.45, 2.75) is 6.42 Å². The van der Waals surface area contributed by atoms with E-state index >= 15 is 0 Å². The average Bonchev–Trinajstić information content (AvgIpc) is 3.28. The average molecular weight is 348 g/mol. The molecule has 130 valence electrons. The summed E-state index contributed by atoms with van der Waals surface area (Å²) in [7, 11) is 0. The summed E-state index contributed by atoms with van der Waals surface area (Å²) < 4.78 is 0. The maximum Gasteiger partial charge on any atom is 0.0698 e. The van der Waals surface area contributed by atoms with Gasteiger partial charge in [0.1, 0.15) is 0 Å². The second-order valence-electron chi connectivity index (χ2n) is 6.93. The molecule has 0 saturated heterocycles. The highest BCUT2D eigenvalue weighted by Gasteiger charge is 2.15. The largest absolute Gasteiger partial charge is 0.397 e. The van der Waals surface area contributed by atoms with Gasteiger partial charge in [-0.15, -0.1) is 0 Å². The predicted molar refractivity (Wildman–Crippen MR) is 115 cm³/mol. The summed E-state index contributed by atoms with van der Waals surface area (Å²) >= 11 is 0. The van der Waals surface area contributed by atoms with Crippen molar-refractivity contribution < 1.29 is 0 Å². The molecule has 0 fully saturated rings. The first-order valence-electron chi connectivity index (χ1n) is 9.22. The lowest BCUT2D eigenvalue weighted by Crippen LogP contribution is -1.84. The zero-order valence-corrected chi connectivity index (χ0v) is 14.9. The van der Waals surface area contributed by atoms with Gasteiger partial charge in [-0.1, -0.05) is 78.9 Å². The molecule has 1 heterocycles. The van der Waals surface area contributed by atoms with Gasteiger partial charge in [0, 0.05) is 16.3 Å². The van der Waals surface area contributed by atoms with Crippen LogP contribution in [0.25, 0.3) is 32.9 Å². The molecule has 1 aliphatic rings. The Morgan fingerprint density at radius 1 is 0.593 bits per heavy atom. The highest BCUT2D eigenvalue weighted by atomic mass is 14.7. The number of rotatable bonds is 0. The first-order valence-corrected chi connectivity index (χ1v) is 9.22. The van der Waals surface area contributed by atoms with Crippen LogP contribution >= 0.6 is 0 Å². The van der Waals surface area contributed by atoms with E-state index in [2.05, 4.69) is 71.7 Å². The molecule has 6 rings (SSSR count). The summed E-state index contributed by atoms with van der Waals surface area (Å²) in [5.74, 6) is 0. The highest BCUT2D eigenvalue weighted by molar-refractivity contribution is 6.10. The Morgan fingerprint density at radius 3 is 1.93 bits per heavy atom. The van der Waals surface area contributed by atoms with E-state index in [4.69, 9.17) is 5.73 Å². The van der Waals surface area contributed by atoms with Crippen LogP contribution in [0.4, 0.5) is 5.69 Å². The lowest BCUT2D eigenvalue weighted by molar-refractivity contribution is 1.26. The Morgan fingerprint density at radius 2 is 1.19 bits per heavy atom. The predicted octanol–water partition coefficient (Wildman–Crippen LogP) is 6.16. The monoisotopic (exact) mass is 348 g/mol. The third-order valence-corrected chi connectivity index (χ3v) is 5.28. The molecule has 0 bridgehead atoms. The minimum absolute atomic E-state index is 0.804. The van der Waals surface area contributed by atoms with Gasteiger partial charge < -0.3 is 10.7 Å². The van der Waals surface area contributed by atoms with Crippen molar-refractivity contribution in [3.8, 4) is 11.1 Å². The molecule has 0 spiro atoms. The van der Waals surface area contributed by atoms with Crippen LogP contribution in [0.5, 0.6) is 0 Å². The number of anilines is 1. The SMILES string of the molecule is Nc1cccc2c1[nH]c1ccccc12.c1ccc2c(c1)Cc1ccccc1-2. The molecule has 0 saturated carbocycles. The summed E-state index contributed by atoms with van der Waals surface area (Å²) in [6, 6.07) is 31.5. The lowest BCUT2D eigenvalue weighted by atomic mass is 10.1. The van der Waals surface area contributed by atoms with Crippen LogP contribution < -0.4 is 5.73 Å². The zero-order chi connectivity index (χ0) is 18.2. The molecular weight excluding hydrogens is 328 g/mol. The smallest absolute Gasteiger partial charge is 0.0698 e. The summed E-state index contributed by atoms with van der Waals surface area (Å²) in [5.41, 5.74) is 14.6. The minimum atomic E-state index is 0.804. The standard InChI is InChI=1S/C13H10.C12H10N2/c1-3-7-12-10(5-1)9-11-6-2-4-8-13(11)12;13-10-6-3-5-9-8-4-1-2-7-11(8)14-12(9)10/h1-8H,9H2;1-7,14H,13H2. The molecule has 1 aromatic heterocycles. The van der Waals surface area contributed by atoms with E-state index in [9.17, 15) is 0 Å². The highest BCUT2D eigenvalue weighted by Crippen LogP contribution is 2.35. The third-order valence-electron chi connectivity index (χ3n) is 5.28. The number of hydrogen-bond donors (Lipinski definition) is 2. The summed E-state index contributed by atoms with van der Waals surface area (Å²) in [6.07, 6.45) is 1.10. The van der Waals surface area contributed by atoms with Gasteiger partial charge in [0.2, 0.25) is 0 Å². The summed E-state index contributed by atoms with van der Waals surface area (Å²) in [4.78, 5) is 3.32. The molecule has 2 nitrogen and oxygen atoms in total. The van der Waals surface area contributed by atoms with Crippen LogP contribution in [-0.2, 0) is 6.42 Å². The minimum Gasteiger partial charge on any atom is -0.397 e. The van der Waals surface area contributed by atoms with Gasteiger partial charge in [-0.25, -0.2) is 0 Å². The number of aromatic nitrogens is 1. The van der Waals surface area contributed by atoms with Crippen molar-refractivity contribution in [3.05, 3.63) is 102 Å². The number of nitrogens with two attached hydrogens (primary N) is 1. The molecule has 1 aliphatic carbocycles. The van der Waals surface area contributed by atoms with Gasteiger partial charge in [-0.05, 0) is 40.8 Å². The van der Waals surface area contributed by atoms with E-state index in [0.717, 1.165) is 23.1 Å². The maximum atomic E-state index is 5.89. The van der Waals surface area contributed by atoms with E-state index in [-0.39, 0.29) is 0 Å². The number of para-hydroxylation sites is 2. The van der Waals surface area contributed by atoms with E-state index in [1.54, 1.807) is 0 Å². The molecule has 2 heteroatoms. The zero-order valence-electron chi connectivity index (χ0n) is 14.9. The fraction of sp³-hybridized carbons (Fsp3) is 0.0400. The molecule has 0 atom stereocenters. The van der Waals surface area contributed by atoms with Crippen LogP contribution in [0.2, 0.25) is 0 Å². The number of nitrogens with one attached hydrogen (secondary N) is 1. The van der Waals surface area contributed by atoms with Crippen molar-refractivity contribution in [1.82, 2.24) is 4.98 Å². The Labute approximate surface area is 158 Å². The first kappa shape index (κ1) is 15.7. The van der Waals surface area contributed by atoms with Crippen molar-refractivity contribution in [1.29, 1.82) is 0 Å². The number of hydrogen-bond acceptors (Lipinski definition) is 1. The number of benzene rings is 4. The van der Waals surface area contributed by atoms with Gasteiger partial charge in [-0.3, -0.25) is 0 Å². The summed E-state index contributed by atoms with van der Waals surface area (Å²) in [6.45, 7) is 0. The Kier molecular flexibility index (Phi) is 3.68. The molecule has 3 N–H and O–H groups in total. The van der Waals surface area contributed by atoms with E-state index in [1.807, 2.05) is 24.3 Å². The molecular formula is C25H20N2. The van der Waals surface area contributed by atoms with E-state index < -0.39 is 0 Å². The van der Waals surface area contributed by atoms with E-state index in [1.165, 1.54) is 33.0 Å². The van der Waals surface area contributed by atoms with Crippen molar-refractivity contribution >= 4 is 27.5 Å². The fourth-order valence-corrected chi connectivity index (χ4v) is 3.98. The normalized spacial score (nSPS) is 11.7. The Bertz CT molecular complexity index is 1220. The first-order chi connectivity index (χ1) is 13.3. The van der Waals surface area contributed by atoms with Gasteiger partial charge in [0.15, 0.2) is 0 Å². The van der Waals surface area contributed by atoms with Crippen LogP contribution in [0, 0.1) is 0 Å². The number of aromatic amines is 1. The van der Waals surface area contributed by atoms with E-state index in [0.29, 0.717) is 0 Å². The van der Waals surface area contributed by atoms with Crippen LogP contribution in [0.1, 0.15) is 11.1 Å². The molecule has 0 unspecified atom stereocenters. The molecule has 5 aromatic rings. The van der Waals surface area contributed by atoms with Crippen LogP contribution in [0.15, 0.2) is 91.0 Å². The second-order valence-corrected chi connectivity index (χ2v) is 6.93. The summed E-state index contributed by atoms with van der Waals surface area (Å²) in [5, 5.41) is 2.43. The molecule has 4 aromatic carbocycles.